The highest BCUT2D eigenvalue weighted by Gasteiger charge is 2.11. The molecule has 0 bridgehead atoms. The van der Waals surface area contributed by atoms with Crippen molar-refractivity contribution in [3.8, 4) is 0 Å². The van der Waals surface area contributed by atoms with Gasteiger partial charge in [-0.15, -0.1) is 6.58 Å². The lowest BCUT2D eigenvalue weighted by Crippen LogP contribution is -2.37. The van der Waals surface area contributed by atoms with Crippen molar-refractivity contribution in [3.63, 3.8) is 0 Å². The molecule has 0 aromatic heterocycles. The first-order valence-electron chi connectivity index (χ1n) is 9.38. The maximum atomic E-state index is 8.81. The van der Waals surface area contributed by atoms with Gasteiger partial charge in [-0.2, -0.15) is 0 Å². The molecule has 0 spiro atoms. The third kappa shape index (κ3) is 11.6. The van der Waals surface area contributed by atoms with Gasteiger partial charge in [-0.25, -0.2) is 0 Å². The zero-order valence-corrected chi connectivity index (χ0v) is 16.9. The minimum atomic E-state index is 0.478. The third-order valence-corrected chi connectivity index (χ3v) is 3.96. The number of fused-ring (bicyclic) bond motifs is 1. The molecule has 1 saturated heterocycles. The van der Waals surface area contributed by atoms with Gasteiger partial charge in [-0.1, -0.05) is 61.0 Å². The number of likely N-dealkylation sites (tertiary alicyclic amines) is 1. The summed E-state index contributed by atoms with van der Waals surface area (Å²) in [6, 6.07) is 15.4. The quantitative estimate of drug-likeness (QED) is 0.579. The van der Waals surface area contributed by atoms with Crippen LogP contribution in [0.15, 0.2) is 55.1 Å². The van der Waals surface area contributed by atoms with E-state index in [0.717, 1.165) is 12.7 Å². The largest absolute Gasteiger partial charge is 0.328 e. The molecule has 0 radical (unpaired) electrons. The summed E-state index contributed by atoms with van der Waals surface area (Å²) in [6.45, 7) is 11.5. The zero-order valence-electron chi connectivity index (χ0n) is 16.9. The molecule has 26 heavy (non-hydrogen) atoms. The van der Waals surface area contributed by atoms with E-state index in [1.807, 2.05) is 6.08 Å². The number of nitrogens with zero attached hydrogens (tertiary/aromatic N) is 1. The number of carbonyl (C=O) groups excluding carboxylic acids is 1. The topological polar surface area (TPSA) is 46.3 Å². The van der Waals surface area contributed by atoms with E-state index in [0.29, 0.717) is 6.04 Å². The molecule has 3 nitrogen and oxygen atoms in total. The van der Waals surface area contributed by atoms with E-state index in [1.54, 1.807) is 0 Å². The van der Waals surface area contributed by atoms with E-state index in [4.69, 9.17) is 10.5 Å². The van der Waals surface area contributed by atoms with E-state index in [1.165, 1.54) is 49.2 Å². The number of nitrogens with two attached hydrogens (primary N) is 1. The van der Waals surface area contributed by atoms with E-state index in [9.17, 15) is 0 Å². The second-order valence-electron chi connectivity index (χ2n) is 6.42. The lowest BCUT2D eigenvalue weighted by molar-refractivity contribution is -0.106. The highest BCUT2D eigenvalue weighted by atomic mass is 16.1. The van der Waals surface area contributed by atoms with Crippen molar-refractivity contribution in [2.75, 3.05) is 20.1 Å². The lowest BCUT2D eigenvalue weighted by Gasteiger charge is -2.25. The van der Waals surface area contributed by atoms with Crippen LogP contribution in [0, 0.1) is 6.92 Å². The van der Waals surface area contributed by atoms with Crippen molar-refractivity contribution in [3.05, 3.63) is 60.7 Å². The van der Waals surface area contributed by atoms with Crippen LogP contribution in [0.2, 0.25) is 0 Å². The molecule has 0 aliphatic carbocycles. The highest BCUT2D eigenvalue weighted by Crippen LogP contribution is 2.14. The number of piperidine rings is 1. The van der Waals surface area contributed by atoms with E-state index in [2.05, 4.69) is 74.8 Å². The summed E-state index contributed by atoms with van der Waals surface area (Å²) < 4.78 is 0. The van der Waals surface area contributed by atoms with Gasteiger partial charge in [-0.3, -0.25) is 0 Å². The van der Waals surface area contributed by atoms with Crippen LogP contribution < -0.4 is 5.73 Å². The van der Waals surface area contributed by atoms with Crippen LogP contribution in [-0.2, 0) is 4.79 Å². The summed E-state index contributed by atoms with van der Waals surface area (Å²) in [5.41, 5.74) is 6.99. The maximum Gasteiger partial charge on any atom is 0.116 e. The molecule has 144 valence electrons. The number of benzene rings is 2. The first-order valence-corrected chi connectivity index (χ1v) is 9.38. The lowest BCUT2D eigenvalue weighted by atomic mass is 10.1. The second-order valence-corrected chi connectivity index (χ2v) is 6.42. The minimum Gasteiger partial charge on any atom is -0.328 e. The first kappa shape index (κ1) is 24.0. The molecule has 2 aromatic rings. The fraction of sp³-hybridized carbons (Fsp3) is 0.435. The van der Waals surface area contributed by atoms with Gasteiger partial charge < -0.3 is 15.4 Å². The fourth-order valence-corrected chi connectivity index (χ4v) is 2.34. The average molecular weight is 357 g/mol. The van der Waals surface area contributed by atoms with E-state index < -0.39 is 0 Å². The van der Waals surface area contributed by atoms with Crippen LogP contribution in [0.4, 0.5) is 0 Å². The predicted molar refractivity (Wildman–Crippen MR) is 116 cm³/mol. The molecule has 0 atom stereocenters. The summed E-state index contributed by atoms with van der Waals surface area (Å²) in [6.07, 6.45) is 6.06. The van der Waals surface area contributed by atoms with Crippen LogP contribution in [0.1, 0.15) is 38.7 Å². The van der Waals surface area contributed by atoms with Crippen LogP contribution in [0.3, 0.4) is 0 Å². The van der Waals surface area contributed by atoms with Gasteiger partial charge in [-0.05, 0) is 64.0 Å². The average Bonchev–Trinajstić information content (AvgIpc) is 2.65. The number of rotatable bonds is 1. The summed E-state index contributed by atoms with van der Waals surface area (Å²) in [7, 11) is 2.14. The van der Waals surface area contributed by atoms with Gasteiger partial charge >= 0.3 is 0 Å². The number of carbonyl (C=O) groups is 1. The maximum absolute atomic E-state index is 8.81. The van der Waals surface area contributed by atoms with Crippen LogP contribution in [0.5, 0.6) is 0 Å². The molecule has 1 heterocycles. The van der Waals surface area contributed by atoms with Gasteiger partial charge in [0.2, 0.25) is 0 Å². The molecule has 2 aromatic carbocycles. The summed E-state index contributed by atoms with van der Waals surface area (Å²) in [5.74, 6) is 0. The SMILES string of the molecule is C=CCC.CC=O.CN1CCC(N)CC1.Cc1ccc2ccccc2c1. The Kier molecular flexibility index (Phi) is 14.1. The summed E-state index contributed by atoms with van der Waals surface area (Å²) >= 11 is 0. The molecular formula is C23H36N2O. The van der Waals surface area contributed by atoms with Gasteiger partial charge in [0.15, 0.2) is 0 Å². The van der Waals surface area contributed by atoms with Crippen LogP contribution in [0.25, 0.3) is 10.8 Å². The van der Waals surface area contributed by atoms with Crippen molar-refractivity contribution in [2.45, 2.75) is 46.1 Å². The Hall–Kier alpha value is -1.97. The zero-order chi connectivity index (χ0) is 19.8. The van der Waals surface area contributed by atoms with Crippen molar-refractivity contribution in [1.29, 1.82) is 0 Å². The standard InChI is InChI=1S/C11H10.C6H14N2.C4H8.C2H4O/c1-9-6-7-10-4-2-3-5-11(10)8-9;1-8-4-2-6(7)3-5-8;1-3-4-2;1-2-3/h2-8H,1H3;6H,2-5,7H2,1H3;3H,1,4H2,2H3;2H,1H3. The fourth-order valence-electron chi connectivity index (χ4n) is 2.34. The molecule has 0 amide bonds. The molecule has 2 N–H and O–H groups in total. The van der Waals surface area contributed by atoms with Gasteiger partial charge in [0.05, 0.1) is 0 Å². The Morgan fingerprint density at radius 1 is 1.15 bits per heavy atom. The number of hydrogen-bond donors (Lipinski definition) is 1. The third-order valence-electron chi connectivity index (χ3n) is 3.96. The molecular weight excluding hydrogens is 320 g/mol. The van der Waals surface area contributed by atoms with Gasteiger partial charge in [0.25, 0.3) is 0 Å². The van der Waals surface area contributed by atoms with Crippen molar-refractivity contribution >= 4 is 17.1 Å². The molecule has 0 unspecified atom stereocenters. The predicted octanol–water partition coefficient (Wildman–Crippen LogP) is 4.98. The first-order chi connectivity index (χ1) is 12.5. The van der Waals surface area contributed by atoms with E-state index >= 15 is 0 Å². The monoisotopic (exact) mass is 356 g/mol. The molecule has 1 fully saturated rings. The summed E-state index contributed by atoms with van der Waals surface area (Å²) in [5, 5.41) is 2.64. The Morgan fingerprint density at radius 2 is 1.65 bits per heavy atom. The Bertz CT molecular complexity index is 606. The smallest absolute Gasteiger partial charge is 0.116 e. The molecule has 3 rings (SSSR count). The second kappa shape index (κ2) is 15.3. The van der Waals surface area contributed by atoms with Gasteiger partial charge in [0.1, 0.15) is 6.29 Å². The van der Waals surface area contributed by atoms with Crippen LogP contribution >= 0.6 is 0 Å². The Balaban J connectivity index is 0.000000367. The number of allylic oxidation sites excluding steroid dienone is 1. The number of hydrogen-bond acceptors (Lipinski definition) is 3. The van der Waals surface area contributed by atoms with Gasteiger partial charge in [0, 0.05) is 6.04 Å². The molecule has 0 saturated carbocycles. The molecule has 1 aliphatic rings. The normalized spacial score (nSPS) is 13.9. The summed E-state index contributed by atoms with van der Waals surface area (Å²) in [4.78, 5) is 11.1. The Morgan fingerprint density at radius 3 is 2.12 bits per heavy atom. The number of aldehydes is 1. The van der Waals surface area contributed by atoms with Crippen molar-refractivity contribution in [2.24, 2.45) is 5.73 Å². The minimum absolute atomic E-state index is 0.478. The van der Waals surface area contributed by atoms with Crippen molar-refractivity contribution in [1.82, 2.24) is 4.90 Å². The van der Waals surface area contributed by atoms with Crippen molar-refractivity contribution < 1.29 is 4.79 Å². The molecule has 1 aliphatic heterocycles. The Labute approximate surface area is 159 Å². The highest BCUT2D eigenvalue weighted by molar-refractivity contribution is 5.82. The molecule has 3 heteroatoms. The van der Waals surface area contributed by atoms with E-state index in [-0.39, 0.29) is 0 Å². The number of aryl methyl sites for hydroxylation is 1. The van der Waals surface area contributed by atoms with Crippen LogP contribution in [-0.4, -0.2) is 37.4 Å².